The van der Waals surface area contributed by atoms with E-state index in [1.165, 1.54) is 4.90 Å². The molecule has 0 aliphatic carbocycles. The molecule has 7 heteroatoms. The maximum atomic E-state index is 11.7. The van der Waals surface area contributed by atoms with Gasteiger partial charge in [-0.1, -0.05) is 19.1 Å². The number of aromatic nitrogens is 4. The molecule has 2 amide bonds. The first-order chi connectivity index (χ1) is 7.11. The Labute approximate surface area is 85.8 Å². The summed E-state index contributed by atoms with van der Waals surface area (Å²) in [7, 11) is 0. The van der Waals surface area contributed by atoms with Crippen LogP contribution in [0.25, 0.3) is 0 Å². The first kappa shape index (κ1) is 9.75. The Kier molecular flexibility index (Phi) is 2.22. The van der Waals surface area contributed by atoms with Gasteiger partial charge in [-0.15, -0.1) is 10.2 Å². The number of imide groups is 1. The molecule has 80 valence electrons. The van der Waals surface area contributed by atoms with Crippen molar-refractivity contribution in [2.24, 2.45) is 11.8 Å². The molecule has 0 spiro atoms. The number of likely N-dealkylation sites (tertiary alicyclic amines) is 1. The molecule has 0 aromatic carbocycles. The van der Waals surface area contributed by atoms with E-state index < -0.39 is 0 Å². The number of hydrogen-bond acceptors (Lipinski definition) is 5. The van der Waals surface area contributed by atoms with Crippen LogP contribution in [0.2, 0.25) is 0 Å². The molecular formula is C8H11N5O2. The number of carbonyl (C=O) groups is 2. The van der Waals surface area contributed by atoms with E-state index in [9.17, 15) is 9.59 Å². The maximum Gasteiger partial charge on any atom is 0.233 e. The molecule has 2 heterocycles. The van der Waals surface area contributed by atoms with Gasteiger partial charge in [0.1, 0.15) is 0 Å². The average Bonchev–Trinajstić information content (AvgIpc) is 2.79. The number of tetrazole rings is 1. The first-order valence-electron chi connectivity index (χ1n) is 4.69. The summed E-state index contributed by atoms with van der Waals surface area (Å²) in [5.74, 6) is -0.513. The van der Waals surface area contributed by atoms with Crippen LogP contribution in [-0.4, -0.2) is 37.3 Å². The van der Waals surface area contributed by atoms with Gasteiger partial charge in [-0.05, 0) is 0 Å². The minimum absolute atomic E-state index is 0.100. The van der Waals surface area contributed by atoms with Crippen molar-refractivity contribution in [3.8, 4) is 0 Å². The molecule has 1 aromatic rings. The number of nitrogens with zero attached hydrogens (tertiary/aromatic N) is 4. The van der Waals surface area contributed by atoms with Crippen LogP contribution in [0.4, 0.5) is 0 Å². The lowest BCUT2D eigenvalue weighted by molar-refractivity contribution is -0.140. The molecule has 1 aromatic heterocycles. The van der Waals surface area contributed by atoms with Crippen LogP contribution in [0.3, 0.4) is 0 Å². The van der Waals surface area contributed by atoms with Crippen molar-refractivity contribution in [1.29, 1.82) is 0 Å². The highest BCUT2D eigenvalue weighted by Gasteiger charge is 2.42. The number of aromatic amines is 1. The zero-order valence-corrected chi connectivity index (χ0v) is 8.47. The number of H-pyrrole nitrogens is 1. The van der Waals surface area contributed by atoms with E-state index in [0.29, 0.717) is 5.82 Å². The molecular weight excluding hydrogens is 198 g/mol. The van der Waals surface area contributed by atoms with Gasteiger partial charge >= 0.3 is 0 Å². The summed E-state index contributed by atoms with van der Waals surface area (Å²) in [4.78, 5) is 24.5. The zero-order valence-electron chi connectivity index (χ0n) is 8.47. The van der Waals surface area contributed by atoms with Crippen LogP contribution in [0.1, 0.15) is 19.7 Å². The van der Waals surface area contributed by atoms with E-state index in [2.05, 4.69) is 20.6 Å². The monoisotopic (exact) mass is 209 g/mol. The molecule has 0 saturated carbocycles. The normalized spacial score (nSPS) is 26.4. The Morgan fingerprint density at radius 3 is 2.33 bits per heavy atom. The zero-order chi connectivity index (χ0) is 11.0. The lowest BCUT2D eigenvalue weighted by Gasteiger charge is -2.10. The lowest BCUT2D eigenvalue weighted by atomic mass is 10.00. The minimum Gasteiger partial charge on any atom is -0.274 e. The van der Waals surface area contributed by atoms with Crippen molar-refractivity contribution in [3.05, 3.63) is 5.82 Å². The minimum atomic E-state index is -0.260. The molecule has 1 aliphatic heterocycles. The summed E-state index contributed by atoms with van der Waals surface area (Å²) in [6.45, 7) is 3.60. The van der Waals surface area contributed by atoms with E-state index in [0.717, 1.165) is 0 Å². The molecule has 1 fully saturated rings. The molecule has 1 aliphatic rings. The summed E-state index contributed by atoms with van der Waals surface area (Å²) in [6.07, 6.45) is 0. The quantitative estimate of drug-likeness (QED) is 0.653. The molecule has 2 atom stereocenters. The molecule has 1 N–H and O–H groups in total. The second-order valence-corrected chi connectivity index (χ2v) is 3.67. The van der Waals surface area contributed by atoms with Gasteiger partial charge in [-0.2, -0.15) is 5.21 Å². The average molecular weight is 209 g/mol. The van der Waals surface area contributed by atoms with E-state index >= 15 is 0 Å². The van der Waals surface area contributed by atoms with Gasteiger partial charge in [-0.3, -0.25) is 14.5 Å². The second-order valence-electron chi connectivity index (χ2n) is 3.67. The Balaban J connectivity index is 2.16. The Hall–Kier alpha value is -1.79. The third-order valence-corrected chi connectivity index (χ3v) is 2.75. The highest BCUT2D eigenvalue weighted by atomic mass is 16.2. The molecule has 15 heavy (non-hydrogen) atoms. The van der Waals surface area contributed by atoms with Crippen molar-refractivity contribution >= 4 is 11.8 Å². The second kappa shape index (κ2) is 3.41. The van der Waals surface area contributed by atoms with Crippen LogP contribution in [0.15, 0.2) is 0 Å². The number of hydrogen-bond donors (Lipinski definition) is 1. The van der Waals surface area contributed by atoms with Crippen molar-refractivity contribution in [2.45, 2.75) is 20.4 Å². The number of nitrogens with one attached hydrogen (secondary N) is 1. The van der Waals surface area contributed by atoms with Gasteiger partial charge in [0.05, 0.1) is 6.54 Å². The standard InChI is InChI=1S/C8H11N5O2/c1-4-5(2)8(15)13(7(4)14)3-6-9-11-12-10-6/h4-5H,3H2,1-2H3,(H,9,10,11,12). The maximum absolute atomic E-state index is 11.7. The summed E-state index contributed by atoms with van der Waals surface area (Å²) in [5, 5.41) is 13.1. The number of amides is 2. The van der Waals surface area contributed by atoms with Gasteiger partial charge in [0.15, 0.2) is 5.82 Å². The van der Waals surface area contributed by atoms with Crippen molar-refractivity contribution in [3.63, 3.8) is 0 Å². The van der Waals surface area contributed by atoms with Crippen molar-refractivity contribution in [2.75, 3.05) is 0 Å². The first-order valence-corrected chi connectivity index (χ1v) is 4.69. The van der Waals surface area contributed by atoms with Crippen molar-refractivity contribution < 1.29 is 9.59 Å². The third kappa shape index (κ3) is 1.49. The predicted octanol–water partition coefficient (Wildman–Crippen LogP) is -0.659. The van der Waals surface area contributed by atoms with E-state index in [1.54, 1.807) is 13.8 Å². The van der Waals surface area contributed by atoms with Gasteiger partial charge in [0, 0.05) is 11.8 Å². The van der Waals surface area contributed by atoms with E-state index in [-0.39, 0.29) is 30.2 Å². The Bertz CT molecular complexity index is 368. The fraction of sp³-hybridized carbons (Fsp3) is 0.625. The molecule has 0 bridgehead atoms. The highest BCUT2D eigenvalue weighted by Crippen LogP contribution is 2.25. The summed E-state index contributed by atoms with van der Waals surface area (Å²) in [6, 6.07) is 0. The van der Waals surface area contributed by atoms with Crippen LogP contribution in [0, 0.1) is 11.8 Å². The molecule has 0 radical (unpaired) electrons. The third-order valence-electron chi connectivity index (χ3n) is 2.75. The molecule has 2 rings (SSSR count). The molecule has 1 saturated heterocycles. The number of carbonyl (C=O) groups excluding carboxylic acids is 2. The van der Waals surface area contributed by atoms with Crippen LogP contribution in [0.5, 0.6) is 0 Å². The smallest absolute Gasteiger partial charge is 0.233 e. The van der Waals surface area contributed by atoms with Gasteiger partial charge in [-0.25, -0.2) is 0 Å². The van der Waals surface area contributed by atoms with Gasteiger partial charge in [0.25, 0.3) is 0 Å². The number of rotatable bonds is 2. The van der Waals surface area contributed by atoms with E-state index in [4.69, 9.17) is 0 Å². The summed E-state index contributed by atoms with van der Waals surface area (Å²) >= 11 is 0. The fourth-order valence-corrected chi connectivity index (χ4v) is 1.57. The van der Waals surface area contributed by atoms with Crippen LogP contribution >= 0.6 is 0 Å². The predicted molar refractivity (Wildman–Crippen MR) is 48.1 cm³/mol. The van der Waals surface area contributed by atoms with Gasteiger partial charge in [0.2, 0.25) is 11.8 Å². The van der Waals surface area contributed by atoms with Crippen molar-refractivity contribution in [1.82, 2.24) is 25.5 Å². The highest BCUT2D eigenvalue weighted by molar-refractivity contribution is 6.04. The van der Waals surface area contributed by atoms with E-state index in [1.807, 2.05) is 0 Å². The fourth-order valence-electron chi connectivity index (χ4n) is 1.57. The molecule has 2 unspecified atom stereocenters. The summed E-state index contributed by atoms with van der Waals surface area (Å²) in [5.41, 5.74) is 0. The van der Waals surface area contributed by atoms with Crippen LogP contribution in [-0.2, 0) is 16.1 Å². The van der Waals surface area contributed by atoms with Crippen LogP contribution < -0.4 is 0 Å². The topological polar surface area (TPSA) is 91.8 Å². The van der Waals surface area contributed by atoms with Gasteiger partial charge < -0.3 is 0 Å². The SMILES string of the molecule is CC1C(=O)N(Cc2nn[nH]n2)C(=O)C1C. The lowest BCUT2D eigenvalue weighted by Crippen LogP contribution is -2.30. The Morgan fingerprint density at radius 2 is 1.87 bits per heavy atom. The summed E-state index contributed by atoms with van der Waals surface area (Å²) < 4.78 is 0. The largest absolute Gasteiger partial charge is 0.274 e. The molecule has 7 nitrogen and oxygen atoms in total. The Morgan fingerprint density at radius 1 is 1.27 bits per heavy atom.